The molecule has 1 amide bonds. The molecule has 9 heteroatoms. The van der Waals surface area contributed by atoms with Gasteiger partial charge in [-0.2, -0.15) is 4.31 Å². The zero-order valence-electron chi connectivity index (χ0n) is 16.3. The predicted octanol–water partition coefficient (Wildman–Crippen LogP) is 2.51. The first-order valence-corrected chi connectivity index (χ1v) is 10.7. The summed E-state index contributed by atoms with van der Waals surface area (Å²) in [4.78, 5) is 16.7. The highest BCUT2D eigenvalue weighted by Crippen LogP contribution is 2.25. The lowest BCUT2D eigenvalue weighted by Crippen LogP contribution is -2.43. The molecule has 1 atom stereocenters. The molecule has 0 radical (unpaired) electrons. The topological polar surface area (TPSA) is 93.5 Å². The fourth-order valence-corrected chi connectivity index (χ4v) is 4.60. The lowest BCUT2D eigenvalue weighted by molar-refractivity contribution is -0.120. The summed E-state index contributed by atoms with van der Waals surface area (Å²) in [5.74, 6) is 0.115. The Morgan fingerprint density at radius 2 is 2.00 bits per heavy atom. The van der Waals surface area contributed by atoms with Gasteiger partial charge in [0, 0.05) is 31.0 Å². The minimum Gasteiger partial charge on any atom is -0.497 e. The fourth-order valence-electron chi connectivity index (χ4n) is 3.16. The fraction of sp³-hybridized carbons (Fsp3) is 0.474. The number of imidazole rings is 1. The first-order chi connectivity index (χ1) is 13.3. The van der Waals surface area contributed by atoms with E-state index in [-0.39, 0.29) is 23.5 Å². The molecule has 3 rings (SSSR count). The zero-order valence-corrected chi connectivity index (χ0v) is 17.1. The van der Waals surface area contributed by atoms with E-state index in [1.165, 1.54) is 10.6 Å². The van der Waals surface area contributed by atoms with Crippen LogP contribution >= 0.6 is 0 Å². The normalized spacial score (nSPS) is 18.2. The van der Waals surface area contributed by atoms with Crippen LogP contribution in [0.3, 0.4) is 0 Å². The Balaban J connectivity index is 1.69. The molecule has 1 aliphatic rings. The predicted molar refractivity (Wildman–Crippen MR) is 106 cm³/mol. The van der Waals surface area contributed by atoms with Crippen LogP contribution in [-0.4, -0.2) is 48.4 Å². The van der Waals surface area contributed by atoms with Crippen molar-refractivity contribution < 1.29 is 17.9 Å². The minimum atomic E-state index is -3.72. The summed E-state index contributed by atoms with van der Waals surface area (Å²) in [6, 6.07) is 7.16. The maximum absolute atomic E-state index is 12.9. The molecular weight excluding hydrogens is 380 g/mol. The van der Waals surface area contributed by atoms with E-state index in [9.17, 15) is 13.2 Å². The minimum absolute atomic E-state index is 0.0254. The van der Waals surface area contributed by atoms with Crippen LogP contribution in [0.15, 0.2) is 41.8 Å². The largest absolute Gasteiger partial charge is 0.497 e. The van der Waals surface area contributed by atoms with Crippen molar-refractivity contribution in [2.75, 3.05) is 25.5 Å². The second-order valence-electron chi connectivity index (χ2n) is 7.17. The number of hydrogen-bond acceptors (Lipinski definition) is 5. The van der Waals surface area contributed by atoms with E-state index < -0.39 is 15.9 Å². The number of benzene rings is 1. The van der Waals surface area contributed by atoms with Crippen LogP contribution in [0, 0.1) is 5.92 Å². The molecule has 1 aromatic heterocycles. The van der Waals surface area contributed by atoms with Gasteiger partial charge < -0.3 is 14.6 Å². The summed E-state index contributed by atoms with van der Waals surface area (Å²) in [6.07, 6.45) is 4.34. The molecule has 1 aromatic carbocycles. The van der Waals surface area contributed by atoms with Crippen molar-refractivity contribution in [3.05, 3.63) is 36.8 Å². The van der Waals surface area contributed by atoms with E-state index in [1.54, 1.807) is 42.1 Å². The summed E-state index contributed by atoms with van der Waals surface area (Å²) in [5.41, 5.74) is 0.654. The molecule has 2 heterocycles. The molecule has 1 aliphatic heterocycles. The second kappa shape index (κ2) is 8.32. The van der Waals surface area contributed by atoms with E-state index >= 15 is 0 Å². The number of nitrogens with zero attached hydrogens (tertiary/aromatic N) is 3. The van der Waals surface area contributed by atoms with Crippen LogP contribution in [0.4, 0.5) is 5.69 Å². The van der Waals surface area contributed by atoms with Crippen molar-refractivity contribution in [1.29, 1.82) is 0 Å². The number of carbonyl (C=O) groups excluding carboxylic acids is 1. The number of rotatable bonds is 6. The van der Waals surface area contributed by atoms with Gasteiger partial charge >= 0.3 is 0 Å². The van der Waals surface area contributed by atoms with Crippen LogP contribution in [0.5, 0.6) is 5.75 Å². The number of amides is 1. The number of carbonyl (C=O) groups is 1. The number of anilines is 1. The van der Waals surface area contributed by atoms with E-state index in [2.05, 4.69) is 10.3 Å². The number of sulfonamides is 1. The van der Waals surface area contributed by atoms with Crippen LogP contribution in [0.2, 0.25) is 0 Å². The quantitative estimate of drug-likeness (QED) is 0.796. The van der Waals surface area contributed by atoms with Gasteiger partial charge in [0.25, 0.3) is 10.0 Å². The zero-order chi connectivity index (χ0) is 20.3. The summed E-state index contributed by atoms with van der Waals surface area (Å²) < 4.78 is 34.1. The summed E-state index contributed by atoms with van der Waals surface area (Å²) in [6.45, 7) is 4.46. The highest BCUT2D eigenvalue weighted by molar-refractivity contribution is 7.89. The Labute approximate surface area is 165 Å². The smallest absolute Gasteiger partial charge is 0.262 e. The van der Waals surface area contributed by atoms with Gasteiger partial charge in [0.1, 0.15) is 5.75 Å². The van der Waals surface area contributed by atoms with Crippen molar-refractivity contribution in [2.24, 2.45) is 5.92 Å². The third kappa shape index (κ3) is 4.36. The lowest BCUT2D eigenvalue weighted by Gasteiger charge is -2.30. The molecule has 28 heavy (non-hydrogen) atoms. The highest BCUT2D eigenvalue weighted by Gasteiger charge is 2.34. The molecule has 2 aromatic rings. The lowest BCUT2D eigenvalue weighted by atomic mass is 9.99. The number of methoxy groups -OCH3 is 1. The monoisotopic (exact) mass is 406 g/mol. The summed E-state index contributed by atoms with van der Waals surface area (Å²) >= 11 is 0. The molecule has 8 nitrogen and oxygen atoms in total. The first kappa shape index (κ1) is 20.3. The van der Waals surface area contributed by atoms with Crippen molar-refractivity contribution in [2.45, 2.75) is 37.8 Å². The number of nitrogens with one attached hydrogen (secondary N) is 1. The van der Waals surface area contributed by atoms with Gasteiger partial charge in [0.2, 0.25) is 5.91 Å². The van der Waals surface area contributed by atoms with Crippen LogP contribution < -0.4 is 10.1 Å². The second-order valence-corrected chi connectivity index (χ2v) is 9.06. The van der Waals surface area contributed by atoms with Gasteiger partial charge in [-0.15, -0.1) is 0 Å². The third-order valence-electron chi connectivity index (χ3n) is 4.89. The van der Waals surface area contributed by atoms with Crippen molar-refractivity contribution in [1.82, 2.24) is 13.9 Å². The number of piperidine rings is 1. The van der Waals surface area contributed by atoms with Gasteiger partial charge in [0.15, 0.2) is 5.03 Å². The average Bonchev–Trinajstić information content (AvgIpc) is 3.20. The molecule has 152 valence electrons. The van der Waals surface area contributed by atoms with Crippen molar-refractivity contribution in [3.63, 3.8) is 0 Å². The average molecular weight is 407 g/mol. The molecule has 0 aliphatic carbocycles. The molecule has 0 saturated carbocycles. The standard InChI is InChI=1S/C19H26N4O4S/c1-14(2)22-12-18(20-13-22)28(25,26)23-10-4-5-15(11-23)19(24)21-16-6-8-17(27-3)9-7-16/h6-9,12-15H,4-5,10-11H2,1-3H3,(H,21,24)/t15-/m0/s1. The SMILES string of the molecule is COc1ccc(NC(=O)[C@H]2CCCN(S(=O)(=O)c3cn(C(C)C)cn3)C2)cc1. The van der Waals surface area contributed by atoms with E-state index in [1.807, 2.05) is 13.8 Å². The Bertz CT molecular complexity index is 922. The van der Waals surface area contributed by atoms with Crippen LogP contribution in [-0.2, 0) is 14.8 Å². The van der Waals surface area contributed by atoms with Gasteiger partial charge in [-0.05, 0) is 51.0 Å². The maximum Gasteiger partial charge on any atom is 0.262 e. The molecule has 1 saturated heterocycles. The van der Waals surface area contributed by atoms with Gasteiger partial charge in [-0.1, -0.05) is 0 Å². The third-order valence-corrected chi connectivity index (χ3v) is 6.64. The highest BCUT2D eigenvalue weighted by atomic mass is 32.2. The number of hydrogen-bond donors (Lipinski definition) is 1. The molecule has 0 spiro atoms. The van der Waals surface area contributed by atoms with E-state index in [0.29, 0.717) is 30.8 Å². The number of aromatic nitrogens is 2. The van der Waals surface area contributed by atoms with Crippen molar-refractivity contribution >= 4 is 21.6 Å². The molecule has 0 unspecified atom stereocenters. The maximum atomic E-state index is 12.9. The van der Waals surface area contributed by atoms with Crippen LogP contribution in [0.1, 0.15) is 32.7 Å². The number of ether oxygens (including phenoxy) is 1. The van der Waals surface area contributed by atoms with E-state index in [0.717, 1.165) is 0 Å². The Morgan fingerprint density at radius 1 is 1.29 bits per heavy atom. The Kier molecular flexibility index (Phi) is 6.04. The summed E-state index contributed by atoms with van der Waals surface area (Å²) in [5, 5.41) is 2.88. The molecule has 0 bridgehead atoms. The van der Waals surface area contributed by atoms with Gasteiger partial charge in [-0.3, -0.25) is 4.79 Å². The van der Waals surface area contributed by atoms with Crippen molar-refractivity contribution in [3.8, 4) is 5.75 Å². The Morgan fingerprint density at radius 3 is 2.61 bits per heavy atom. The molecule has 1 N–H and O–H groups in total. The first-order valence-electron chi connectivity index (χ1n) is 9.30. The van der Waals surface area contributed by atoms with Gasteiger partial charge in [0.05, 0.1) is 19.4 Å². The van der Waals surface area contributed by atoms with E-state index in [4.69, 9.17) is 4.74 Å². The van der Waals surface area contributed by atoms with Gasteiger partial charge in [-0.25, -0.2) is 13.4 Å². The Hall–Kier alpha value is -2.39. The molecular formula is C19H26N4O4S. The summed E-state index contributed by atoms with van der Waals surface area (Å²) in [7, 11) is -2.14. The molecule has 1 fully saturated rings. The van der Waals surface area contributed by atoms with Crippen LogP contribution in [0.25, 0.3) is 0 Å².